The SMILES string of the molecule is CCCCCCCCCCCCCCCCOC[C@@H](COP(=O)(O)OC[C@H]1O[C@@H](n2cc(C)c(=O)[nH]c2=O)C[C@@H]1N=[N+]=[N-])OCCCCCCCCCCCCCCCC. The van der Waals surface area contributed by atoms with Crippen LogP contribution in [0, 0.1) is 6.92 Å². The number of hydrogen-bond donors (Lipinski definition) is 2. The predicted octanol–water partition coefficient (Wildman–Crippen LogP) is 12.3. The lowest BCUT2D eigenvalue weighted by Crippen LogP contribution is -2.33. The number of unbranched alkanes of at least 4 members (excludes halogenated alkanes) is 26. The zero-order valence-electron chi connectivity index (χ0n) is 37.9. The van der Waals surface area contributed by atoms with E-state index in [1.807, 2.05) is 0 Å². The molecular formula is C45H84N5O9P. The molecule has 0 radical (unpaired) electrons. The van der Waals surface area contributed by atoms with Crippen molar-refractivity contribution in [1.82, 2.24) is 9.55 Å². The van der Waals surface area contributed by atoms with Crippen LogP contribution in [-0.4, -0.2) is 65.7 Å². The van der Waals surface area contributed by atoms with E-state index in [1.54, 1.807) is 6.92 Å². The Hall–Kier alpha value is -2.02. The Labute approximate surface area is 361 Å². The number of hydrogen-bond acceptors (Lipinski definition) is 9. The summed E-state index contributed by atoms with van der Waals surface area (Å²) in [5.74, 6) is 0. The van der Waals surface area contributed by atoms with E-state index in [-0.39, 0.29) is 19.6 Å². The van der Waals surface area contributed by atoms with Gasteiger partial charge in [-0.25, -0.2) is 9.36 Å². The third-order valence-electron chi connectivity index (χ3n) is 11.5. The molecule has 1 fully saturated rings. The second-order valence-corrected chi connectivity index (χ2v) is 18.4. The molecule has 0 aromatic carbocycles. The highest BCUT2D eigenvalue weighted by molar-refractivity contribution is 7.47. The van der Waals surface area contributed by atoms with E-state index in [1.165, 1.54) is 158 Å². The summed E-state index contributed by atoms with van der Waals surface area (Å²) in [6.45, 7) is 6.76. The smallest absolute Gasteiger partial charge is 0.379 e. The zero-order valence-corrected chi connectivity index (χ0v) is 38.8. The van der Waals surface area contributed by atoms with Gasteiger partial charge in [0.1, 0.15) is 12.3 Å². The molecule has 348 valence electrons. The number of nitrogens with one attached hydrogen (secondary N) is 1. The first-order valence-corrected chi connectivity index (χ1v) is 25.5. The lowest BCUT2D eigenvalue weighted by molar-refractivity contribution is -0.0503. The van der Waals surface area contributed by atoms with Crippen LogP contribution in [0.5, 0.6) is 0 Å². The highest BCUT2D eigenvalue weighted by atomic mass is 31.2. The molecular weight excluding hydrogens is 785 g/mol. The van der Waals surface area contributed by atoms with Crippen molar-refractivity contribution in [2.75, 3.05) is 33.0 Å². The van der Waals surface area contributed by atoms with E-state index < -0.39 is 50.2 Å². The lowest BCUT2D eigenvalue weighted by atomic mass is 10.0. The molecule has 14 nitrogen and oxygen atoms in total. The number of nitrogens with zero attached hydrogens (tertiary/aromatic N) is 4. The molecule has 1 aromatic heterocycles. The van der Waals surface area contributed by atoms with Gasteiger partial charge in [0, 0.05) is 36.3 Å². The van der Waals surface area contributed by atoms with Crippen molar-refractivity contribution in [3.05, 3.63) is 43.0 Å². The van der Waals surface area contributed by atoms with Gasteiger partial charge in [0.25, 0.3) is 5.56 Å². The summed E-state index contributed by atoms with van der Waals surface area (Å²) in [5.41, 5.74) is 8.22. The topological polar surface area (TPSA) is 187 Å². The van der Waals surface area contributed by atoms with E-state index in [0.29, 0.717) is 18.8 Å². The number of aromatic amines is 1. The Morgan fingerprint density at radius 3 is 1.72 bits per heavy atom. The molecule has 5 atom stereocenters. The first-order chi connectivity index (χ1) is 29.2. The van der Waals surface area contributed by atoms with Gasteiger partial charge in [0.15, 0.2) is 0 Å². The molecule has 0 saturated carbocycles. The van der Waals surface area contributed by atoms with E-state index >= 15 is 0 Å². The molecule has 0 aliphatic carbocycles. The largest absolute Gasteiger partial charge is 0.472 e. The molecule has 2 N–H and O–H groups in total. The van der Waals surface area contributed by atoms with E-state index in [4.69, 9.17) is 28.8 Å². The van der Waals surface area contributed by atoms with Crippen LogP contribution in [0.2, 0.25) is 0 Å². The third kappa shape index (κ3) is 26.5. The summed E-state index contributed by atoms with van der Waals surface area (Å²) < 4.78 is 42.9. The third-order valence-corrected chi connectivity index (χ3v) is 12.4. The van der Waals surface area contributed by atoms with E-state index in [2.05, 4.69) is 28.9 Å². The average molecular weight is 870 g/mol. The first-order valence-electron chi connectivity index (χ1n) is 24.0. The number of phosphoric acid groups is 1. The zero-order chi connectivity index (χ0) is 43.5. The maximum Gasteiger partial charge on any atom is 0.472 e. The van der Waals surface area contributed by atoms with Crippen LogP contribution in [0.3, 0.4) is 0 Å². The molecule has 1 aromatic rings. The fourth-order valence-corrected chi connectivity index (χ4v) is 8.47. The first kappa shape index (κ1) is 54.1. The molecule has 2 heterocycles. The Morgan fingerprint density at radius 1 is 0.767 bits per heavy atom. The van der Waals surface area contributed by atoms with Crippen molar-refractivity contribution in [2.45, 2.75) is 231 Å². The average Bonchev–Trinajstić information content (AvgIpc) is 3.63. The Morgan fingerprint density at radius 2 is 1.23 bits per heavy atom. The number of azide groups is 1. The van der Waals surface area contributed by atoms with Crippen LogP contribution in [0.15, 0.2) is 20.9 Å². The van der Waals surface area contributed by atoms with Crippen molar-refractivity contribution < 1.29 is 32.7 Å². The van der Waals surface area contributed by atoms with Crippen LogP contribution in [0.1, 0.15) is 212 Å². The predicted molar refractivity (Wildman–Crippen MR) is 240 cm³/mol. The van der Waals surface area contributed by atoms with Crippen LogP contribution in [0.4, 0.5) is 0 Å². The van der Waals surface area contributed by atoms with Crippen LogP contribution in [0.25, 0.3) is 10.4 Å². The van der Waals surface area contributed by atoms with Crippen molar-refractivity contribution >= 4 is 7.82 Å². The van der Waals surface area contributed by atoms with Gasteiger partial charge in [0.05, 0.1) is 32.0 Å². The van der Waals surface area contributed by atoms with Gasteiger partial charge in [0.2, 0.25) is 0 Å². The Kier molecular flexibility index (Phi) is 32.0. The van der Waals surface area contributed by atoms with E-state index in [0.717, 1.165) is 32.1 Å². The number of aromatic nitrogens is 2. The molecule has 0 amide bonds. The molecule has 1 aliphatic heterocycles. The number of aryl methyl sites for hydroxylation is 1. The summed E-state index contributed by atoms with van der Waals surface area (Å²) in [7, 11) is -4.58. The van der Waals surface area contributed by atoms with Crippen molar-refractivity contribution in [1.29, 1.82) is 0 Å². The summed E-state index contributed by atoms with van der Waals surface area (Å²) in [5, 5.41) is 3.75. The van der Waals surface area contributed by atoms with Crippen molar-refractivity contribution in [3.63, 3.8) is 0 Å². The lowest BCUT2D eigenvalue weighted by Gasteiger charge is -2.21. The Balaban J connectivity index is 1.73. The molecule has 0 bridgehead atoms. The van der Waals surface area contributed by atoms with Gasteiger partial charge in [-0.15, -0.1) is 0 Å². The molecule has 2 rings (SSSR count). The molecule has 0 spiro atoms. The summed E-state index contributed by atoms with van der Waals surface area (Å²) >= 11 is 0. The maximum absolute atomic E-state index is 13.0. The highest BCUT2D eigenvalue weighted by Gasteiger charge is 2.38. The fraction of sp³-hybridized carbons (Fsp3) is 0.911. The molecule has 1 aliphatic rings. The standard InChI is InChI=1S/C45H84N5O9P/c1-4-6-8-10-12-14-16-18-20-22-24-26-28-30-32-55-36-40(56-33-31-29-27-25-23-21-19-17-15-13-11-9-7-5-2)37-57-60(53,54)58-38-42-41(48-49-46)34-43(59-42)50-35-39(3)44(51)47-45(50)52/h35,40-43H,4-34,36-38H2,1-3H3,(H,53,54)(H,47,51,52)/t40-,41-,42+,43+/m0/s1. The van der Waals surface area contributed by atoms with Crippen molar-refractivity contribution in [3.8, 4) is 0 Å². The van der Waals surface area contributed by atoms with Gasteiger partial charge < -0.3 is 19.1 Å². The minimum atomic E-state index is -4.58. The van der Waals surface area contributed by atoms with Gasteiger partial charge in [-0.3, -0.25) is 23.4 Å². The number of ether oxygens (including phenoxy) is 3. The molecule has 60 heavy (non-hydrogen) atoms. The Bertz CT molecular complexity index is 1420. The summed E-state index contributed by atoms with van der Waals surface area (Å²) in [6.07, 6.45) is 34.9. The van der Waals surface area contributed by atoms with Gasteiger partial charge in [-0.2, -0.15) is 0 Å². The summed E-state index contributed by atoms with van der Waals surface area (Å²) in [4.78, 5) is 40.0. The minimum absolute atomic E-state index is 0.103. The van der Waals surface area contributed by atoms with Crippen LogP contribution < -0.4 is 11.2 Å². The van der Waals surface area contributed by atoms with Gasteiger partial charge in [-0.1, -0.05) is 186 Å². The molecule has 1 unspecified atom stereocenters. The monoisotopic (exact) mass is 870 g/mol. The molecule has 15 heteroatoms. The second-order valence-electron chi connectivity index (χ2n) is 16.9. The quantitative estimate of drug-likeness (QED) is 0.0212. The number of phosphoric ester groups is 1. The number of H-pyrrole nitrogens is 1. The number of rotatable bonds is 41. The minimum Gasteiger partial charge on any atom is -0.379 e. The summed E-state index contributed by atoms with van der Waals surface area (Å²) in [6, 6.07) is -0.788. The second kappa shape index (κ2) is 35.4. The van der Waals surface area contributed by atoms with E-state index in [9.17, 15) is 19.0 Å². The highest BCUT2D eigenvalue weighted by Crippen LogP contribution is 2.45. The van der Waals surface area contributed by atoms with Gasteiger partial charge in [-0.05, 0) is 25.3 Å². The van der Waals surface area contributed by atoms with Crippen LogP contribution >= 0.6 is 7.82 Å². The van der Waals surface area contributed by atoms with Gasteiger partial charge >= 0.3 is 13.5 Å². The molecule has 1 saturated heterocycles. The maximum atomic E-state index is 13.0. The van der Waals surface area contributed by atoms with Crippen LogP contribution in [-0.2, 0) is 27.8 Å². The normalized spacial score (nSPS) is 18.1. The fourth-order valence-electron chi connectivity index (χ4n) is 7.71. The van der Waals surface area contributed by atoms with Crippen molar-refractivity contribution in [2.24, 2.45) is 5.11 Å².